The number of nitrogens with zero attached hydrogens (tertiary/aromatic N) is 1. The van der Waals surface area contributed by atoms with Crippen LogP contribution in [0.4, 0.5) is 0 Å². The zero-order chi connectivity index (χ0) is 12.2. The highest BCUT2D eigenvalue weighted by Crippen LogP contribution is 2.32. The van der Waals surface area contributed by atoms with E-state index in [-0.39, 0.29) is 0 Å². The van der Waals surface area contributed by atoms with Gasteiger partial charge in [0, 0.05) is 18.6 Å². The Bertz CT molecular complexity index is 213. The summed E-state index contributed by atoms with van der Waals surface area (Å²) in [5.41, 5.74) is 0.847. The molecule has 1 unspecified atom stereocenters. The van der Waals surface area contributed by atoms with Gasteiger partial charge in [-0.15, -0.1) is 0 Å². The average molecular weight is 226 g/mol. The molecule has 1 saturated heterocycles. The number of hydrogen-bond acceptors (Lipinski definition) is 2. The van der Waals surface area contributed by atoms with Gasteiger partial charge in [0.1, 0.15) is 0 Å². The Morgan fingerprint density at radius 2 is 2.00 bits per heavy atom. The molecule has 0 aromatic carbocycles. The van der Waals surface area contributed by atoms with Crippen molar-refractivity contribution in [2.75, 3.05) is 26.2 Å². The first kappa shape index (κ1) is 14.0. The lowest BCUT2D eigenvalue weighted by molar-refractivity contribution is 0.101. The summed E-state index contributed by atoms with van der Waals surface area (Å²) >= 11 is 0. The van der Waals surface area contributed by atoms with Crippen molar-refractivity contribution in [1.82, 2.24) is 10.2 Å². The number of hydrogen-bond donors (Lipinski definition) is 1. The van der Waals surface area contributed by atoms with Crippen LogP contribution in [0.15, 0.2) is 0 Å². The molecular formula is C14H30N2. The van der Waals surface area contributed by atoms with Crippen molar-refractivity contribution in [3.05, 3.63) is 0 Å². The summed E-state index contributed by atoms with van der Waals surface area (Å²) in [6.07, 6.45) is 3.98. The molecule has 2 nitrogen and oxygen atoms in total. The Kier molecular flexibility index (Phi) is 4.81. The Balaban J connectivity index is 2.55. The standard InChI is InChI=1S/C14H30N2/c1-6-14(5,11-15-7-2)12-16-10-8-9-13(16,3)4/h15H,6-12H2,1-5H3. The summed E-state index contributed by atoms with van der Waals surface area (Å²) in [6, 6.07) is 0. The zero-order valence-electron chi connectivity index (χ0n) is 11.9. The normalized spacial score (nSPS) is 24.6. The van der Waals surface area contributed by atoms with E-state index in [9.17, 15) is 0 Å². The van der Waals surface area contributed by atoms with Gasteiger partial charge in [-0.05, 0) is 51.6 Å². The molecule has 16 heavy (non-hydrogen) atoms. The van der Waals surface area contributed by atoms with Crippen molar-refractivity contribution >= 4 is 0 Å². The molecule has 96 valence electrons. The summed E-state index contributed by atoms with van der Waals surface area (Å²) in [5, 5.41) is 3.51. The molecule has 0 bridgehead atoms. The fourth-order valence-corrected chi connectivity index (χ4v) is 2.64. The van der Waals surface area contributed by atoms with Crippen LogP contribution in [0.5, 0.6) is 0 Å². The quantitative estimate of drug-likeness (QED) is 0.749. The van der Waals surface area contributed by atoms with Crippen LogP contribution in [0.25, 0.3) is 0 Å². The highest BCUT2D eigenvalue weighted by atomic mass is 15.2. The smallest absolute Gasteiger partial charge is 0.0153 e. The van der Waals surface area contributed by atoms with Crippen LogP contribution in [0.3, 0.4) is 0 Å². The van der Waals surface area contributed by atoms with Crippen LogP contribution in [-0.4, -0.2) is 36.6 Å². The predicted molar refractivity (Wildman–Crippen MR) is 71.8 cm³/mol. The Labute approximate surface area is 102 Å². The van der Waals surface area contributed by atoms with Crippen LogP contribution < -0.4 is 5.32 Å². The molecule has 1 aliphatic rings. The van der Waals surface area contributed by atoms with Crippen molar-refractivity contribution in [1.29, 1.82) is 0 Å². The molecule has 0 aromatic rings. The summed E-state index contributed by atoms with van der Waals surface area (Å²) in [5.74, 6) is 0. The van der Waals surface area contributed by atoms with Crippen LogP contribution in [0.1, 0.15) is 53.9 Å². The number of rotatable bonds is 6. The maximum Gasteiger partial charge on any atom is 0.0153 e. The topological polar surface area (TPSA) is 15.3 Å². The lowest BCUT2D eigenvalue weighted by Crippen LogP contribution is -2.47. The summed E-state index contributed by atoms with van der Waals surface area (Å²) in [4.78, 5) is 2.69. The van der Waals surface area contributed by atoms with Gasteiger partial charge in [0.05, 0.1) is 0 Å². The summed E-state index contributed by atoms with van der Waals surface area (Å²) in [7, 11) is 0. The van der Waals surface area contributed by atoms with Crippen LogP contribution >= 0.6 is 0 Å². The number of nitrogens with one attached hydrogen (secondary N) is 1. The minimum atomic E-state index is 0.419. The molecule has 0 radical (unpaired) electrons. The van der Waals surface area contributed by atoms with Gasteiger partial charge in [0.15, 0.2) is 0 Å². The SMILES string of the molecule is CCNCC(C)(CC)CN1CCCC1(C)C. The third-order valence-corrected chi connectivity index (χ3v) is 4.30. The number of likely N-dealkylation sites (tertiary alicyclic amines) is 1. The molecule has 2 heteroatoms. The highest BCUT2D eigenvalue weighted by Gasteiger charge is 2.36. The van der Waals surface area contributed by atoms with E-state index >= 15 is 0 Å². The Morgan fingerprint density at radius 3 is 2.44 bits per heavy atom. The second kappa shape index (κ2) is 5.50. The Morgan fingerprint density at radius 1 is 1.31 bits per heavy atom. The molecule has 0 spiro atoms. The first-order valence-electron chi connectivity index (χ1n) is 6.89. The molecule has 1 atom stereocenters. The van der Waals surface area contributed by atoms with Gasteiger partial charge in [-0.1, -0.05) is 20.8 Å². The van der Waals surface area contributed by atoms with Crippen molar-refractivity contribution < 1.29 is 0 Å². The molecular weight excluding hydrogens is 196 g/mol. The predicted octanol–water partition coefficient (Wildman–Crippen LogP) is 2.89. The van der Waals surface area contributed by atoms with E-state index in [0.717, 1.165) is 13.1 Å². The second-order valence-corrected chi connectivity index (χ2v) is 6.28. The van der Waals surface area contributed by atoms with Gasteiger partial charge in [-0.3, -0.25) is 4.90 Å². The minimum Gasteiger partial charge on any atom is -0.316 e. The third-order valence-electron chi connectivity index (χ3n) is 4.30. The van der Waals surface area contributed by atoms with E-state index in [1.165, 1.54) is 32.4 Å². The maximum atomic E-state index is 3.51. The first-order chi connectivity index (χ1) is 7.43. The molecule has 1 aliphatic heterocycles. The molecule has 1 fully saturated rings. The van der Waals surface area contributed by atoms with E-state index in [1.807, 2.05) is 0 Å². The van der Waals surface area contributed by atoms with E-state index in [1.54, 1.807) is 0 Å². The van der Waals surface area contributed by atoms with Gasteiger partial charge in [-0.2, -0.15) is 0 Å². The van der Waals surface area contributed by atoms with Crippen molar-refractivity contribution in [3.63, 3.8) is 0 Å². The van der Waals surface area contributed by atoms with E-state index < -0.39 is 0 Å². The zero-order valence-corrected chi connectivity index (χ0v) is 11.9. The van der Waals surface area contributed by atoms with E-state index in [2.05, 4.69) is 44.8 Å². The fraction of sp³-hybridized carbons (Fsp3) is 1.00. The molecule has 1 rings (SSSR count). The van der Waals surface area contributed by atoms with Gasteiger partial charge >= 0.3 is 0 Å². The molecule has 0 aliphatic carbocycles. The van der Waals surface area contributed by atoms with Crippen molar-refractivity contribution in [2.45, 2.75) is 59.4 Å². The minimum absolute atomic E-state index is 0.419. The molecule has 1 heterocycles. The summed E-state index contributed by atoms with van der Waals surface area (Å²) < 4.78 is 0. The highest BCUT2D eigenvalue weighted by molar-refractivity contribution is 4.91. The molecule has 0 aromatic heterocycles. The lowest BCUT2D eigenvalue weighted by atomic mass is 9.85. The molecule has 0 amide bonds. The maximum absolute atomic E-state index is 3.51. The van der Waals surface area contributed by atoms with E-state index in [4.69, 9.17) is 0 Å². The molecule has 0 saturated carbocycles. The lowest BCUT2D eigenvalue weighted by Gasteiger charge is -2.39. The van der Waals surface area contributed by atoms with E-state index in [0.29, 0.717) is 11.0 Å². The van der Waals surface area contributed by atoms with Gasteiger partial charge in [-0.25, -0.2) is 0 Å². The third kappa shape index (κ3) is 3.46. The van der Waals surface area contributed by atoms with Crippen LogP contribution in [-0.2, 0) is 0 Å². The average Bonchev–Trinajstić information content (AvgIpc) is 2.55. The van der Waals surface area contributed by atoms with Gasteiger partial charge in [0.25, 0.3) is 0 Å². The monoisotopic (exact) mass is 226 g/mol. The van der Waals surface area contributed by atoms with Crippen molar-refractivity contribution in [2.24, 2.45) is 5.41 Å². The first-order valence-corrected chi connectivity index (χ1v) is 6.89. The van der Waals surface area contributed by atoms with Gasteiger partial charge < -0.3 is 5.32 Å². The summed E-state index contributed by atoms with van der Waals surface area (Å²) in [6.45, 7) is 16.5. The van der Waals surface area contributed by atoms with Crippen LogP contribution in [0.2, 0.25) is 0 Å². The fourth-order valence-electron chi connectivity index (χ4n) is 2.64. The van der Waals surface area contributed by atoms with Crippen LogP contribution in [0, 0.1) is 5.41 Å². The largest absolute Gasteiger partial charge is 0.316 e. The van der Waals surface area contributed by atoms with Gasteiger partial charge in [0.2, 0.25) is 0 Å². The molecule has 1 N–H and O–H groups in total. The second-order valence-electron chi connectivity index (χ2n) is 6.28. The van der Waals surface area contributed by atoms with Crippen molar-refractivity contribution in [3.8, 4) is 0 Å². The Hall–Kier alpha value is -0.0800.